The van der Waals surface area contributed by atoms with Gasteiger partial charge in [0.25, 0.3) is 0 Å². The van der Waals surface area contributed by atoms with Crippen molar-refractivity contribution in [3.05, 3.63) is 33.8 Å². The molecular formula is C13H20Cl2N2. The Morgan fingerprint density at radius 1 is 1.24 bits per heavy atom. The maximum absolute atomic E-state index is 6.03. The van der Waals surface area contributed by atoms with Crippen LogP contribution in [0.1, 0.15) is 24.9 Å². The van der Waals surface area contributed by atoms with Gasteiger partial charge in [0.05, 0.1) is 10.0 Å². The van der Waals surface area contributed by atoms with E-state index < -0.39 is 0 Å². The summed E-state index contributed by atoms with van der Waals surface area (Å²) >= 11 is 11.9. The Morgan fingerprint density at radius 2 is 1.94 bits per heavy atom. The van der Waals surface area contributed by atoms with Crippen molar-refractivity contribution in [2.24, 2.45) is 0 Å². The average Bonchev–Trinajstić information content (AvgIpc) is 2.28. The van der Waals surface area contributed by atoms with Gasteiger partial charge in [-0.25, -0.2) is 0 Å². The highest BCUT2D eigenvalue weighted by Crippen LogP contribution is 2.26. The number of likely N-dealkylation sites (N-methyl/N-ethyl adjacent to an activating group) is 1. The molecule has 0 heterocycles. The van der Waals surface area contributed by atoms with Gasteiger partial charge in [0, 0.05) is 19.1 Å². The van der Waals surface area contributed by atoms with E-state index in [2.05, 4.69) is 31.2 Å². The van der Waals surface area contributed by atoms with E-state index in [1.807, 2.05) is 18.2 Å². The van der Waals surface area contributed by atoms with Crippen LogP contribution in [0.3, 0.4) is 0 Å². The minimum atomic E-state index is 0.338. The van der Waals surface area contributed by atoms with Gasteiger partial charge in [-0.1, -0.05) is 36.2 Å². The minimum Gasteiger partial charge on any atom is -0.309 e. The van der Waals surface area contributed by atoms with E-state index in [4.69, 9.17) is 23.2 Å². The van der Waals surface area contributed by atoms with Crippen LogP contribution in [0, 0.1) is 0 Å². The summed E-state index contributed by atoms with van der Waals surface area (Å²) in [6.07, 6.45) is 1.03. The van der Waals surface area contributed by atoms with Crippen LogP contribution in [0.5, 0.6) is 0 Å². The second-order valence-corrected chi connectivity index (χ2v) is 5.21. The number of hydrogen-bond donors (Lipinski definition) is 1. The van der Waals surface area contributed by atoms with Crippen LogP contribution in [-0.2, 0) is 0 Å². The number of nitrogens with one attached hydrogen (secondary N) is 1. The number of benzene rings is 1. The zero-order valence-corrected chi connectivity index (χ0v) is 12.1. The molecule has 0 aliphatic rings. The van der Waals surface area contributed by atoms with Crippen LogP contribution in [0.15, 0.2) is 18.2 Å². The highest BCUT2D eigenvalue weighted by molar-refractivity contribution is 6.42. The molecule has 17 heavy (non-hydrogen) atoms. The molecule has 0 saturated heterocycles. The third-order valence-electron chi connectivity index (χ3n) is 2.70. The zero-order valence-electron chi connectivity index (χ0n) is 10.6. The fraction of sp³-hybridized carbons (Fsp3) is 0.538. The summed E-state index contributed by atoms with van der Waals surface area (Å²) in [4.78, 5) is 2.16. The van der Waals surface area contributed by atoms with E-state index in [-0.39, 0.29) is 0 Å². The molecule has 2 nitrogen and oxygen atoms in total. The van der Waals surface area contributed by atoms with E-state index in [0.717, 1.165) is 19.5 Å². The number of nitrogens with zero attached hydrogens (tertiary/aromatic N) is 1. The van der Waals surface area contributed by atoms with Gasteiger partial charge in [-0.15, -0.1) is 0 Å². The normalized spacial score (nSPS) is 13.1. The standard InChI is InChI=1S/C13H20Cl2N2/c1-4-13(16-7-8-17(2)3)10-5-6-11(14)12(15)9-10/h5-6,9,13,16H,4,7-8H2,1-3H3. The monoisotopic (exact) mass is 274 g/mol. The highest BCUT2D eigenvalue weighted by atomic mass is 35.5. The number of rotatable bonds is 6. The zero-order chi connectivity index (χ0) is 12.8. The first-order chi connectivity index (χ1) is 8.04. The first kappa shape index (κ1) is 14.8. The molecule has 0 aliphatic heterocycles. The molecule has 1 aromatic carbocycles. The van der Waals surface area contributed by atoms with Crippen LogP contribution in [0.25, 0.3) is 0 Å². The first-order valence-electron chi connectivity index (χ1n) is 5.87. The predicted molar refractivity (Wildman–Crippen MR) is 76.1 cm³/mol. The van der Waals surface area contributed by atoms with Crippen LogP contribution >= 0.6 is 23.2 Å². The minimum absolute atomic E-state index is 0.338. The number of halogens is 2. The summed E-state index contributed by atoms with van der Waals surface area (Å²) in [7, 11) is 4.14. The van der Waals surface area contributed by atoms with Crippen molar-refractivity contribution in [2.75, 3.05) is 27.2 Å². The molecule has 0 bridgehead atoms. The Labute approximate surface area is 114 Å². The Bertz CT molecular complexity index is 353. The van der Waals surface area contributed by atoms with Crippen molar-refractivity contribution in [1.82, 2.24) is 10.2 Å². The van der Waals surface area contributed by atoms with Gasteiger partial charge in [0.15, 0.2) is 0 Å². The third kappa shape index (κ3) is 4.84. The van der Waals surface area contributed by atoms with Crippen molar-refractivity contribution >= 4 is 23.2 Å². The summed E-state index contributed by atoms with van der Waals surface area (Å²) < 4.78 is 0. The molecule has 0 aliphatic carbocycles. The first-order valence-corrected chi connectivity index (χ1v) is 6.63. The molecule has 0 saturated carbocycles. The van der Waals surface area contributed by atoms with E-state index in [9.17, 15) is 0 Å². The molecule has 0 fully saturated rings. The summed E-state index contributed by atoms with van der Waals surface area (Å²) in [6.45, 7) is 4.15. The fourth-order valence-electron chi connectivity index (χ4n) is 1.69. The molecule has 1 aromatic rings. The molecule has 1 rings (SSSR count). The summed E-state index contributed by atoms with van der Waals surface area (Å²) in [5.74, 6) is 0. The second-order valence-electron chi connectivity index (χ2n) is 4.39. The molecule has 1 unspecified atom stereocenters. The smallest absolute Gasteiger partial charge is 0.0595 e. The van der Waals surface area contributed by atoms with E-state index in [1.54, 1.807) is 0 Å². The highest BCUT2D eigenvalue weighted by Gasteiger charge is 2.10. The Kier molecular flexibility index (Phi) is 6.28. The second kappa shape index (κ2) is 7.22. The fourth-order valence-corrected chi connectivity index (χ4v) is 2.00. The van der Waals surface area contributed by atoms with Gasteiger partial charge < -0.3 is 10.2 Å². The van der Waals surface area contributed by atoms with Crippen LogP contribution in [0.2, 0.25) is 10.0 Å². The Balaban J connectivity index is 2.62. The van der Waals surface area contributed by atoms with Crippen molar-refractivity contribution < 1.29 is 0 Å². The summed E-state index contributed by atoms with van der Waals surface area (Å²) in [5.41, 5.74) is 1.20. The summed E-state index contributed by atoms with van der Waals surface area (Å²) in [6, 6.07) is 6.17. The van der Waals surface area contributed by atoms with Gasteiger partial charge in [-0.2, -0.15) is 0 Å². The molecule has 1 atom stereocenters. The maximum atomic E-state index is 6.03. The lowest BCUT2D eigenvalue weighted by Gasteiger charge is -2.19. The lowest BCUT2D eigenvalue weighted by Crippen LogP contribution is -2.29. The van der Waals surface area contributed by atoms with Crippen LogP contribution in [0.4, 0.5) is 0 Å². The van der Waals surface area contributed by atoms with Crippen molar-refractivity contribution in [3.63, 3.8) is 0 Å². The molecule has 0 radical (unpaired) electrons. The predicted octanol–water partition coefficient (Wildman–Crippen LogP) is 3.60. The van der Waals surface area contributed by atoms with Gasteiger partial charge in [0.1, 0.15) is 0 Å². The molecule has 4 heteroatoms. The Morgan fingerprint density at radius 3 is 2.47 bits per heavy atom. The van der Waals surface area contributed by atoms with Gasteiger partial charge in [-0.05, 0) is 38.2 Å². The van der Waals surface area contributed by atoms with E-state index >= 15 is 0 Å². The average molecular weight is 275 g/mol. The molecular weight excluding hydrogens is 255 g/mol. The largest absolute Gasteiger partial charge is 0.309 e. The molecule has 1 N–H and O–H groups in total. The SMILES string of the molecule is CCC(NCCN(C)C)c1ccc(Cl)c(Cl)c1. The molecule has 0 aromatic heterocycles. The van der Waals surface area contributed by atoms with E-state index in [0.29, 0.717) is 16.1 Å². The van der Waals surface area contributed by atoms with Crippen molar-refractivity contribution in [2.45, 2.75) is 19.4 Å². The van der Waals surface area contributed by atoms with Gasteiger partial charge in [-0.3, -0.25) is 0 Å². The van der Waals surface area contributed by atoms with Crippen molar-refractivity contribution in [1.29, 1.82) is 0 Å². The van der Waals surface area contributed by atoms with Gasteiger partial charge in [0.2, 0.25) is 0 Å². The maximum Gasteiger partial charge on any atom is 0.0595 e. The molecule has 96 valence electrons. The van der Waals surface area contributed by atoms with E-state index in [1.165, 1.54) is 5.56 Å². The molecule has 0 amide bonds. The number of hydrogen-bond acceptors (Lipinski definition) is 2. The van der Waals surface area contributed by atoms with Gasteiger partial charge >= 0.3 is 0 Å². The lowest BCUT2D eigenvalue weighted by atomic mass is 10.0. The van der Waals surface area contributed by atoms with Crippen molar-refractivity contribution in [3.8, 4) is 0 Å². The Hall–Kier alpha value is -0.280. The third-order valence-corrected chi connectivity index (χ3v) is 3.44. The summed E-state index contributed by atoms with van der Waals surface area (Å²) in [5, 5.41) is 4.75. The van der Waals surface area contributed by atoms with Crippen LogP contribution < -0.4 is 5.32 Å². The lowest BCUT2D eigenvalue weighted by molar-refractivity contribution is 0.382. The molecule has 0 spiro atoms. The topological polar surface area (TPSA) is 15.3 Å². The quantitative estimate of drug-likeness (QED) is 0.853. The van der Waals surface area contributed by atoms with Crippen LogP contribution in [-0.4, -0.2) is 32.1 Å².